The molecule has 2 aromatic rings. The molecule has 17 heavy (non-hydrogen) atoms. The quantitative estimate of drug-likeness (QED) is 0.833. The zero-order chi connectivity index (χ0) is 12.4. The summed E-state index contributed by atoms with van der Waals surface area (Å²) >= 11 is 0. The van der Waals surface area contributed by atoms with E-state index in [-0.39, 0.29) is 11.7 Å². The predicted molar refractivity (Wildman–Crippen MR) is 62.9 cm³/mol. The van der Waals surface area contributed by atoms with Crippen molar-refractivity contribution in [2.75, 3.05) is 5.73 Å². The number of nitrogen functional groups attached to an aromatic ring is 1. The van der Waals surface area contributed by atoms with Gasteiger partial charge in [-0.1, -0.05) is 6.92 Å². The summed E-state index contributed by atoms with van der Waals surface area (Å²) in [7, 11) is 0. The van der Waals surface area contributed by atoms with Crippen LogP contribution >= 0.6 is 0 Å². The van der Waals surface area contributed by atoms with E-state index in [0.717, 1.165) is 12.1 Å². The van der Waals surface area contributed by atoms with Crippen molar-refractivity contribution in [2.45, 2.75) is 13.3 Å². The number of phenols is 1. The van der Waals surface area contributed by atoms with Crippen molar-refractivity contribution in [1.82, 2.24) is 9.97 Å². The van der Waals surface area contributed by atoms with Crippen molar-refractivity contribution >= 4 is 5.95 Å². The number of hydrogen-bond donors (Lipinski definition) is 2. The van der Waals surface area contributed by atoms with Crippen LogP contribution in [0.4, 0.5) is 10.3 Å². The van der Waals surface area contributed by atoms with E-state index in [2.05, 4.69) is 9.97 Å². The van der Waals surface area contributed by atoms with E-state index in [4.69, 9.17) is 10.8 Å². The van der Waals surface area contributed by atoms with E-state index in [1.807, 2.05) is 6.92 Å². The number of aryl methyl sites for hydroxylation is 1. The fourth-order valence-corrected chi connectivity index (χ4v) is 1.51. The number of phenolic OH excluding ortho intramolecular Hbond substituents is 1. The lowest BCUT2D eigenvalue weighted by molar-refractivity contribution is 0.432. The Morgan fingerprint density at radius 1 is 1.29 bits per heavy atom. The monoisotopic (exact) mass is 233 g/mol. The van der Waals surface area contributed by atoms with Crippen molar-refractivity contribution in [1.29, 1.82) is 0 Å². The fraction of sp³-hybridized carbons (Fsp3) is 0.167. The lowest BCUT2D eigenvalue weighted by atomic mass is 10.1. The molecule has 0 bridgehead atoms. The number of anilines is 1. The fourth-order valence-electron chi connectivity index (χ4n) is 1.51. The van der Waals surface area contributed by atoms with E-state index in [1.165, 1.54) is 12.1 Å². The van der Waals surface area contributed by atoms with Gasteiger partial charge in [0, 0.05) is 11.3 Å². The molecule has 0 aliphatic rings. The van der Waals surface area contributed by atoms with Crippen LogP contribution in [0.15, 0.2) is 24.3 Å². The molecule has 88 valence electrons. The van der Waals surface area contributed by atoms with Crippen molar-refractivity contribution in [3.05, 3.63) is 35.8 Å². The Morgan fingerprint density at radius 2 is 2.06 bits per heavy atom. The second-order valence-corrected chi connectivity index (χ2v) is 3.62. The predicted octanol–water partition coefficient (Wildman–Crippen LogP) is 2.13. The summed E-state index contributed by atoms with van der Waals surface area (Å²) in [5.41, 5.74) is 7.48. The number of nitrogens with two attached hydrogens (primary N) is 1. The minimum absolute atomic E-state index is 0.160. The van der Waals surface area contributed by atoms with Gasteiger partial charge in [0.05, 0.1) is 5.69 Å². The highest BCUT2D eigenvalue weighted by molar-refractivity contribution is 5.61. The minimum Gasteiger partial charge on any atom is -0.505 e. The molecule has 0 aliphatic carbocycles. The second-order valence-electron chi connectivity index (χ2n) is 3.62. The zero-order valence-electron chi connectivity index (χ0n) is 9.31. The van der Waals surface area contributed by atoms with Crippen LogP contribution in [-0.2, 0) is 6.42 Å². The Labute approximate surface area is 98.0 Å². The van der Waals surface area contributed by atoms with E-state index in [1.54, 1.807) is 12.1 Å². The molecule has 0 unspecified atom stereocenters. The highest BCUT2D eigenvalue weighted by atomic mass is 19.1. The van der Waals surface area contributed by atoms with Gasteiger partial charge in [-0.15, -0.1) is 0 Å². The van der Waals surface area contributed by atoms with Crippen LogP contribution < -0.4 is 5.73 Å². The van der Waals surface area contributed by atoms with Gasteiger partial charge in [0.2, 0.25) is 5.95 Å². The lowest BCUT2D eigenvalue weighted by Gasteiger charge is -2.05. The molecular formula is C12H12FN3O. The Kier molecular flexibility index (Phi) is 2.91. The molecule has 3 N–H and O–H groups in total. The third kappa shape index (κ3) is 2.33. The van der Waals surface area contributed by atoms with Gasteiger partial charge in [0.25, 0.3) is 0 Å². The first kappa shape index (κ1) is 11.3. The lowest BCUT2D eigenvalue weighted by Crippen LogP contribution is -2.00. The summed E-state index contributed by atoms with van der Waals surface area (Å²) < 4.78 is 13.2. The maximum atomic E-state index is 13.2. The van der Waals surface area contributed by atoms with Gasteiger partial charge in [-0.25, -0.2) is 14.4 Å². The van der Waals surface area contributed by atoms with Gasteiger partial charge in [0.15, 0.2) is 11.6 Å². The van der Waals surface area contributed by atoms with Crippen LogP contribution in [0.2, 0.25) is 0 Å². The summed E-state index contributed by atoms with van der Waals surface area (Å²) in [5.74, 6) is -0.906. The van der Waals surface area contributed by atoms with E-state index in [0.29, 0.717) is 11.3 Å². The summed E-state index contributed by atoms with van der Waals surface area (Å²) in [6.07, 6.45) is 0.723. The Morgan fingerprint density at radius 3 is 2.71 bits per heavy atom. The summed E-state index contributed by atoms with van der Waals surface area (Å²) in [6, 6.07) is 5.84. The molecule has 4 nitrogen and oxygen atoms in total. The first-order chi connectivity index (χ1) is 8.10. The molecule has 0 saturated carbocycles. The molecular weight excluding hydrogens is 221 g/mol. The number of aromatic nitrogens is 2. The van der Waals surface area contributed by atoms with Gasteiger partial charge < -0.3 is 10.8 Å². The molecule has 1 aromatic heterocycles. The first-order valence-electron chi connectivity index (χ1n) is 5.22. The largest absolute Gasteiger partial charge is 0.505 e. The molecule has 0 amide bonds. The maximum Gasteiger partial charge on any atom is 0.220 e. The minimum atomic E-state index is -0.683. The van der Waals surface area contributed by atoms with Gasteiger partial charge in [-0.05, 0) is 30.7 Å². The smallest absolute Gasteiger partial charge is 0.220 e. The normalized spacial score (nSPS) is 10.5. The summed E-state index contributed by atoms with van der Waals surface area (Å²) in [4.78, 5) is 8.08. The second kappa shape index (κ2) is 4.37. The molecule has 1 aromatic carbocycles. The molecule has 0 aliphatic heterocycles. The average molecular weight is 233 g/mol. The summed E-state index contributed by atoms with van der Waals surface area (Å²) in [6.45, 7) is 1.95. The molecule has 1 heterocycles. The van der Waals surface area contributed by atoms with Gasteiger partial charge in [-0.3, -0.25) is 0 Å². The first-order valence-corrected chi connectivity index (χ1v) is 5.22. The third-order valence-electron chi connectivity index (χ3n) is 2.40. The van der Waals surface area contributed by atoms with Gasteiger partial charge in [0.1, 0.15) is 0 Å². The van der Waals surface area contributed by atoms with E-state index < -0.39 is 5.82 Å². The molecule has 2 rings (SSSR count). The highest BCUT2D eigenvalue weighted by Gasteiger charge is 2.07. The number of aromatic hydroxyl groups is 1. The van der Waals surface area contributed by atoms with Crippen LogP contribution in [0.3, 0.4) is 0 Å². The third-order valence-corrected chi connectivity index (χ3v) is 2.40. The van der Waals surface area contributed by atoms with Crippen LogP contribution in [0, 0.1) is 5.82 Å². The Bertz CT molecular complexity index is 557. The Hall–Kier alpha value is -2.17. The molecule has 0 radical (unpaired) electrons. The topological polar surface area (TPSA) is 72.0 Å². The van der Waals surface area contributed by atoms with Crippen molar-refractivity contribution in [3.63, 3.8) is 0 Å². The van der Waals surface area contributed by atoms with Crippen LogP contribution in [0.5, 0.6) is 5.75 Å². The number of nitrogens with zero attached hydrogens (tertiary/aromatic N) is 2. The van der Waals surface area contributed by atoms with Crippen molar-refractivity contribution in [2.24, 2.45) is 0 Å². The summed E-state index contributed by atoms with van der Waals surface area (Å²) in [5, 5.41) is 9.11. The molecule has 0 atom stereocenters. The molecule has 0 spiro atoms. The van der Waals surface area contributed by atoms with E-state index in [9.17, 15) is 4.39 Å². The van der Waals surface area contributed by atoms with Crippen LogP contribution in [-0.4, -0.2) is 15.1 Å². The number of benzene rings is 1. The SMILES string of the molecule is CCc1cc(-c2ccc(O)c(F)c2)nc(N)n1. The van der Waals surface area contributed by atoms with Crippen molar-refractivity contribution < 1.29 is 9.50 Å². The standard InChI is InChI=1S/C12H12FN3O/c1-2-8-6-10(16-12(14)15-8)7-3-4-11(17)9(13)5-7/h3-6,17H,2H2,1H3,(H2,14,15,16). The Balaban J connectivity index is 2.52. The number of rotatable bonds is 2. The molecule has 5 heteroatoms. The number of halogens is 1. The van der Waals surface area contributed by atoms with E-state index >= 15 is 0 Å². The maximum absolute atomic E-state index is 13.2. The highest BCUT2D eigenvalue weighted by Crippen LogP contribution is 2.24. The van der Waals surface area contributed by atoms with Crippen LogP contribution in [0.25, 0.3) is 11.3 Å². The van der Waals surface area contributed by atoms with Crippen LogP contribution in [0.1, 0.15) is 12.6 Å². The zero-order valence-corrected chi connectivity index (χ0v) is 9.31. The molecule has 0 saturated heterocycles. The number of hydrogen-bond acceptors (Lipinski definition) is 4. The average Bonchev–Trinajstić information content (AvgIpc) is 2.32. The van der Waals surface area contributed by atoms with Gasteiger partial charge in [-0.2, -0.15) is 0 Å². The van der Waals surface area contributed by atoms with Crippen molar-refractivity contribution in [3.8, 4) is 17.0 Å². The molecule has 0 fully saturated rings. The van der Waals surface area contributed by atoms with Gasteiger partial charge >= 0.3 is 0 Å².